The molecule has 1 aromatic heterocycles. The molecule has 0 aromatic carbocycles. The molecule has 3 heterocycles. The molecule has 2 saturated heterocycles. The zero-order valence-electron chi connectivity index (χ0n) is 15.4. The normalized spacial score (nSPS) is 28.0. The Balaban J connectivity index is 1.59. The maximum Gasteiger partial charge on any atom is 0.134 e. The van der Waals surface area contributed by atoms with Gasteiger partial charge in [-0.2, -0.15) is 0 Å². The average molecular weight is 346 g/mol. The molecular weight excluding hydrogens is 316 g/mol. The van der Waals surface area contributed by atoms with Crippen LogP contribution in [0.25, 0.3) is 0 Å². The highest BCUT2D eigenvalue weighted by molar-refractivity contribution is 5.52. The smallest absolute Gasteiger partial charge is 0.134 e. The second kappa shape index (κ2) is 6.40. The van der Waals surface area contributed by atoms with E-state index in [1.165, 1.54) is 12.8 Å². The van der Waals surface area contributed by atoms with E-state index in [9.17, 15) is 5.11 Å². The Labute approximate surface area is 150 Å². The maximum atomic E-state index is 9.61. The van der Waals surface area contributed by atoms with Gasteiger partial charge in [0.15, 0.2) is 0 Å². The quantitative estimate of drug-likeness (QED) is 0.907. The van der Waals surface area contributed by atoms with E-state index in [4.69, 9.17) is 4.74 Å². The highest BCUT2D eigenvalue weighted by Gasteiger charge is 2.46. The van der Waals surface area contributed by atoms with Crippen LogP contribution < -0.4 is 9.80 Å². The predicted octanol–water partition coefficient (Wildman–Crippen LogP) is 2.37. The van der Waals surface area contributed by atoms with Crippen molar-refractivity contribution in [2.75, 3.05) is 36.0 Å². The van der Waals surface area contributed by atoms with Crippen LogP contribution in [0, 0.1) is 0 Å². The van der Waals surface area contributed by atoms with E-state index in [0.29, 0.717) is 0 Å². The molecule has 138 valence electrons. The van der Waals surface area contributed by atoms with Crippen LogP contribution in [0.5, 0.6) is 0 Å². The number of aliphatic hydroxyl groups is 1. The number of nitrogens with zero attached hydrogens (tertiary/aromatic N) is 4. The van der Waals surface area contributed by atoms with Gasteiger partial charge in [0, 0.05) is 25.7 Å². The van der Waals surface area contributed by atoms with E-state index >= 15 is 0 Å². The van der Waals surface area contributed by atoms with Crippen LogP contribution in [0.15, 0.2) is 12.4 Å². The van der Waals surface area contributed by atoms with Gasteiger partial charge in [-0.15, -0.1) is 0 Å². The van der Waals surface area contributed by atoms with Gasteiger partial charge in [0.05, 0.1) is 23.9 Å². The van der Waals surface area contributed by atoms with Gasteiger partial charge in [-0.05, 0) is 39.5 Å². The fraction of sp³-hybridized carbons (Fsp3) is 0.789. The van der Waals surface area contributed by atoms with Crippen molar-refractivity contribution < 1.29 is 9.84 Å². The first-order valence-electron chi connectivity index (χ1n) is 9.65. The number of rotatable bonds is 3. The molecule has 6 heteroatoms. The Kier molecular flexibility index (Phi) is 4.36. The van der Waals surface area contributed by atoms with Crippen molar-refractivity contribution in [3.63, 3.8) is 0 Å². The van der Waals surface area contributed by atoms with Crippen LogP contribution in [0.3, 0.4) is 0 Å². The second-order valence-corrected chi connectivity index (χ2v) is 8.51. The molecular formula is C19H30N4O2. The van der Waals surface area contributed by atoms with Crippen LogP contribution >= 0.6 is 0 Å². The van der Waals surface area contributed by atoms with Crippen LogP contribution in [-0.4, -0.2) is 58.6 Å². The molecule has 6 nitrogen and oxygen atoms in total. The summed E-state index contributed by atoms with van der Waals surface area (Å²) in [5, 5.41) is 9.61. The summed E-state index contributed by atoms with van der Waals surface area (Å²) in [5.74, 6) is 1.92. The zero-order valence-corrected chi connectivity index (χ0v) is 15.4. The van der Waals surface area contributed by atoms with E-state index in [2.05, 4.69) is 39.7 Å². The minimum absolute atomic E-state index is 0.0197. The van der Waals surface area contributed by atoms with Gasteiger partial charge in [0.2, 0.25) is 0 Å². The van der Waals surface area contributed by atoms with Crippen LogP contribution in [-0.2, 0) is 4.74 Å². The topological polar surface area (TPSA) is 61.7 Å². The van der Waals surface area contributed by atoms with Crippen LogP contribution in [0.1, 0.15) is 52.4 Å². The number of aromatic nitrogens is 2. The molecule has 3 aliphatic rings. The monoisotopic (exact) mass is 346 g/mol. The van der Waals surface area contributed by atoms with Gasteiger partial charge in [0.25, 0.3) is 0 Å². The molecule has 1 atom stereocenters. The van der Waals surface area contributed by atoms with Gasteiger partial charge in [-0.3, -0.25) is 0 Å². The lowest BCUT2D eigenvalue weighted by Gasteiger charge is -2.49. The standard InChI is InChI=1S/C19H30N4O2/c1-18(2)12-22(13-19(25-18)7-3-4-8-19)16-10-17(21-14-20-16)23-9-5-6-15(23)11-24/h10,14-15,24H,3-9,11-13H2,1-2H3. The number of morpholine rings is 1. The first kappa shape index (κ1) is 17.0. The summed E-state index contributed by atoms with van der Waals surface area (Å²) in [5.41, 5.74) is -0.191. The summed E-state index contributed by atoms with van der Waals surface area (Å²) in [6.45, 7) is 7.27. The Bertz CT molecular complexity index is 615. The molecule has 1 aliphatic carbocycles. The lowest BCUT2D eigenvalue weighted by molar-refractivity contribution is -0.148. The SMILES string of the molecule is CC1(C)CN(c2cc(N3CCCC3CO)ncn2)CC2(CCCC2)O1. The number of hydrogen-bond donors (Lipinski definition) is 1. The summed E-state index contributed by atoms with van der Waals surface area (Å²) < 4.78 is 6.51. The number of ether oxygens (including phenoxy) is 1. The first-order chi connectivity index (χ1) is 12.0. The first-order valence-corrected chi connectivity index (χ1v) is 9.65. The van der Waals surface area contributed by atoms with Crippen molar-refractivity contribution >= 4 is 11.6 Å². The summed E-state index contributed by atoms with van der Waals surface area (Å²) in [6.07, 6.45) is 8.60. The maximum absolute atomic E-state index is 9.61. The Morgan fingerprint density at radius 1 is 1.16 bits per heavy atom. The summed E-state index contributed by atoms with van der Waals surface area (Å²) in [7, 11) is 0. The molecule has 3 fully saturated rings. The van der Waals surface area contributed by atoms with Gasteiger partial charge in [-0.1, -0.05) is 12.8 Å². The highest BCUT2D eigenvalue weighted by atomic mass is 16.5. The summed E-state index contributed by atoms with van der Waals surface area (Å²) in [4.78, 5) is 13.7. The fourth-order valence-corrected chi connectivity index (χ4v) is 4.95. The second-order valence-electron chi connectivity index (χ2n) is 8.51. The van der Waals surface area contributed by atoms with E-state index in [0.717, 1.165) is 57.0 Å². The van der Waals surface area contributed by atoms with Crippen molar-refractivity contribution in [1.82, 2.24) is 9.97 Å². The molecule has 1 saturated carbocycles. The Morgan fingerprint density at radius 3 is 2.68 bits per heavy atom. The number of hydrogen-bond acceptors (Lipinski definition) is 6. The molecule has 0 radical (unpaired) electrons. The lowest BCUT2D eigenvalue weighted by atomic mass is 9.94. The molecule has 25 heavy (non-hydrogen) atoms. The Hall–Kier alpha value is -1.40. The summed E-state index contributed by atoms with van der Waals surface area (Å²) in [6, 6.07) is 2.28. The van der Waals surface area contributed by atoms with Crippen molar-refractivity contribution in [2.45, 2.75) is 69.6 Å². The average Bonchev–Trinajstić information content (AvgIpc) is 3.22. The van der Waals surface area contributed by atoms with E-state index in [1.54, 1.807) is 6.33 Å². The number of aliphatic hydroxyl groups excluding tert-OH is 1. The van der Waals surface area contributed by atoms with Crippen LogP contribution in [0.2, 0.25) is 0 Å². The van der Waals surface area contributed by atoms with E-state index < -0.39 is 0 Å². The molecule has 4 rings (SSSR count). The fourth-order valence-electron chi connectivity index (χ4n) is 4.95. The molecule has 1 N–H and O–H groups in total. The van der Waals surface area contributed by atoms with E-state index in [1.807, 2.05) is 0 Å². The van der Waals surface area contributed by atoms with Gasteiger partial charge in [-0.25, -0.2) is 9.97 Å². The molecule has 0 amide bonds. The molecule has 1 spiro atoms. The number of anilines is 2. The van der Waals surface area contributed by atoms with Crippen molar-refractivity contribution in [3.8, 4) is 0 Å². The molecule has 1 aromatic rings. The molecule has 1 unspecified atom stereocenters. The van der Waals surface area contributed by atoms with Crippen molar-refractivity contribution in [1.29, 1.82) is 0 Å². The van der Waals surface area contributed by atoms with Gasteiger partial charge >= 0.3 is 0 Å². The predicted molar refractivity (Wildman–Crippen MR) is 98.1 cm³/mol. The summed E-state index contributed by atoms with van der Waals surface area (Å²) >= 11 is 0. The highest BCUT2D eigenvalue weighted by Crippen LogP contribution is 2.41. The largest absolute Gasteiger partial charge is 0.394 e. The minimum atomic E-state index is -0.172. The zero-order chi connectivity index (χ0) is 17.5. The Morgan fingerprint density at radius 2 is 1.92 bits per heavy atom. The third-order valence-corrected chi connectivity index (χ3v) is 5.90. The third kappa shape index (κ3) is 3.34. The minimum Gasteiger partial charge on any atom is -0.394 e. The molecule has 0 bridgehead atoms. The third-order valence-electron chi connectivity index (χ3n) is 5.90. The van der Waals surface area contributed by atoms with Crippen LogP contribution in [0.4, 0.5) is 11.6 Å². The van der Waals surface area contributed by atoms with Gasteiger partial charge < -0.3 is 19.6 Å². The van der Waals surface area contributed by atoms with Gasteiger partial charge in [0.1, 0.15) is 18.0 Å². The van der Waals surface area contributed by atoms with Crippen molar-refractivity contribution in [2.24, 2.45) is 0 Å². The lowest BCUT2D eigenvalue weighted by Crippen LogP contribution is -2.59. The van der Waals surface area contributed by atoms with E-state index in [-0.39, 0.29) is 23.9 Å². The van der Waals surface area contributed by atoms with Crippen molar-refractivity contribution in [3.05, 3.63) is 12.4 Å². The molecule has 2 aliphatic heterocycles.